The topological polar surface area (TPSA) is 53.6 Å². The predicted octanol–water partition coefficient (Wildman–Crippen LogP) is 6.61. The minimum atomic E-state index is -0.0888. The lowest BCUT2D eigenvalue weighted by Gasteiger charge is -2.29. The molecule has 1 saturated carbocycles. The van der Waals surface area contributed by atoms with Gasteiger partial charge in [-0.15, -0.1) is 0 Å². The van der Waals surface area contributed by atoms with Crippen LogP contribution in [0.5, 0.6) is 0 Å². The number of pyridine rings is 1. The Morgan fingerprint density at radius 3 is 2.70 bits per heavy atom. The highest BCUT2D eigenvalue weighted by Crippen LogP contribution is 2.41. The van der Waals surface area contributed by atoms with Crippen LogP contribution in [0.1, 0.15) is 68.7 Å². The van der Waals surface area contributed by atoms with E-state index in [-0.39, 0.29) is 5.54 Å². The molecule has 0 saturated heterocycles. The SMILES string of the molecule is Cc1cc2c(cc1C#N)c(-c1cncc3c1C=CC(C)(C)N3)cn2C1CCCCC1. The van der Waals surface area contributed by atoms with Crippen molar-refractivity contribution in [1.82, 2.24) is 9.55 Å². The monoisotopic (exact) mass is 396 g/mol. The van der Waals surface area contributed by atoms with Crippen molar-refractivity contribution in [1.29, 1.82) is 5.26 Å². The smallest absolute Gasteiger partial charge is 0.0994 e. The number of nitriles is 1. The van der Waals surface area contributed by atoms with Gasteiger partial charge in [0.1, 0.15) is 0 Å². The highest BCUT2D eigenvalue weighted by molar-refractivity contribution is 6.00. The molecular formula is C26H28N4. The summed E-state index contributed by atoms with van der Waals surface area (Å²) in [5.41, 5.74) is 7.47. The summed E-state index contributed by atoms with van der Waals surface area (Å²) in [5.74, 6) is 0. The summed E-state index contributed by atoms with van der Waals surface area (Å²) < 4.78 is 2.47. The second kappa shape index (κ2) is 7.02. The Morgan fingerprint density at radius 1 is 1.13 bits per heavy atom. The molecule has 1 fully saturated rings. The van der Waals surface area contributed by atoms with Crippen LogP contribution in [-0.2, 0) is 0 Å². The quantitative estimate of drug-likeness (QED) is 0.530. The second-order valence-electron chi connectivity index (χ2n) is 9.37. The summed E-state index contributed by atoms with van der Waals surface area (Å²) in [6.07, 6.45) is 17.0. The van der Waals surface area contributed by atoms with Crippen LogP contribution in [0.4, 0.5) is 5.69 Å². The molecule has 0 radical (unpaired) electrons. The molecule has 1 aliphatic heterocycles. The van der Waals surface area contributed by atoms with E-state index in [4.69, 9.17) is 0 Å². The number of benzene rings is 1. The number of hydrogen-bond acceptors (Lipinski definition) is 3. The van der Waals surface area contributed by atoms with E-state index in [1.54, 1.807) is 0 Å². The maximum atomic E-state index is 9.65. The van der Waals surface area contributed by atoms with Gasteiger partial charge in [0.25, 0.3) is 0 Å². The molecule has 1 aliphatic carbocycles. The lowest BCUT2D eigenvalue weighted by molar-refractivity contribution is 0.361. The van der Waals surface area contributed by atoms with Crippen LogP contribution in [0.25, 0.3) is 28.1 Å². The molecule has 0 atom stereocenters. The Hall–Kier alpha value is -3.06. The maximum Gasteiger partial charge on any atom is 0.0994 e. The van der Waals surface area contributed by atoms with E-state index in [0.29, 0.717) is 6.04 Å². The van der Waals surface area contributed by atoms with Gasteiger partial charge in [0.2, 0.25) is 0 Å². The van der Waals surface area contributed by atoms with Crippen LogP contribution < -0.4 is 5.32 Å². The minimum Gasteiger partial charge on any atom is -0.375 e. The molecule has 1 N–H and O–H groups in total. The number of rotatable bonds is 2. The third-order valence-electron chi connectivity index (χ3n) is 6.67. The second-order valence-corrected chi connectivity index (χ2v) is 9.37. The number of hydrogen-bond donors (Lipinski definition) is 1. The minimum absolute atomic E-state index is 0.0888. The Bertz CT molecular complexity index is 1200. The number of nitrogens with one attached hydrogen (secondary N) is 1. The predicted molar refractivity (Wildman–Crippen MR) is 123 cm³/mol. The van der Waals surface area contributed by atoms with Crippen LogP contribution >= 0.6 is 0 Å². The average Bonchev–Trinajstić information content (AvgIpc) is 3.10. The molecule has 4 nitrogen and oxygen atoms in total. The zero-order chi connectivity index (χ0) is 20.9. The largest absolute Gasteiger partial charge is 0.375 e. The summed E-state index contributed by atoms with van der Waals surface area (Å²) in [6.45, 7) is 6.36. The van der Waals surface area contributed by atoms with E-state index >= 15 is 0 Å². The van der Waals surface area contributed by atoms with Crippen LogP contribution in [0, 0.1) is 18.3 Å². The van der Waals surface area contributed by atoms with Gasteiger partial charge >= 0.3 is 0 Å². The fourth-order valence-corrected chi connectivity index (χ4v) is 5.04. The van der Waals surface area contributed by atoms with Gasteiger partial charge < -0.3 is 9.88 Å². The van der Waals surface area contributed by atoms with Gasteiger partial charge in [-0.2, -0.15) is 5.26 Å². The van der Waals surface area contributed by atoms with E-state index in [1.165, 1.54) is 48.7 Å². The molecule has 152 valence electrons. The summed E-state index contributed by atoms with van der Waals surface area (Å²) in [7, 11) is 0. The molecule has 4 heteroatoms. The molecule has 0 unspecified atom stereocenters. The van der Waals surface area contributed by atoms with Gasteiger partial charge in [-0.05, 0) is 51.3 Å². The number of aryl methyl sites for hydroxylation is 1. The first kappa shape index (κ1) is 18.9. The molecule has 3 aromatic rings. The normalized spacial score (nSPS) is 18.1. The Labute approximate surface area is 178 Å². The van der Waals surface area contributed by atoms with Crippen molar-refractivity contribution in [2.75, 3.05) is 5.32 Å². The van der Waals surface area contributed by atoms with Crippen molar-refractivity contribution >= 4 is 22.7 Å². The number of fused-ring (bicyclic) bond motifs is 2. The van der Waals surface area contributed by atoms with E-state index in [1.807, 2.05) is 19.3 Å². The maximum absolute atomic E-state index is 9.65. The van der Waals surface area contributed by atoms with E-state index < -0.39 is 0 Å². The van der Waals surface area contributed by atoms with E-state index in [0.717, 1.165) is 27.8 Å². The lowest BCUT2D eigenvalue weighted by atomic mass is 9.92. The summed E-state index contributed by atoms with van der Waals surface area (Å²) >= 11 is 0. The fraction of sp³-hybridized carbons (Fsp3) is 0.385. The number of anilines is 1. The first-order valence-electron chi connectivity index (χ1n) is 11.0. The molecule has 1 aromatic carbocycles. The highest BCUT2D eigenvalue weighted by atomic mass is 15.0. The third kappa shape index (κ3) is 3.10. The summed E-state index contributed by atoms with van der Waals surface area (Å²) in [4.78, 5) is 4.56. The Balaban J connectivity index is 1.75. The van der Waals surface area contributed by atoms with Crippen LogP contribution in [-0.4, -0.2) is 15.1 Å². The molecule has 30 heavy (non-hydrogen) atoms. The van der Waals surface area contributed by atoms with Gasteiger partial charge in [-0.3, -0.25) is 4.98 Å². The standard InChI is InChI=1S/C26H28N4/c1-17-11-25-21(12-18(17)13-27)23(16-30(25)19-7-5-4-6-8-19)22-14-28-15-24-20(22)9-10-26(2,3)29-24/h9-12,14-16,19,29H,4-8H2,1-3H3. The Morgan fingerprint density at radius 2 is 1.93 bits per heavy atom. The van der Waals surface area contributed by atoms with Gasteiger partial charge in [0.05, 0.1) is 29.1 Å². The van der Waals surface area contributed by atoms with Crippen molar-refractivity contribution < 1.29 is 0 Å². The Kier molecular flexibility index (Phi) is 4.43. The summed E-state index contributed by atoms with van der Waals surface area (Å²) in [5, 5.41) is 14.4. The molecule has 0 spiro atoms. The summed E-state index contributed by atoms with van der Waals surface area (Å²) in [6, 6.07) is 7.18. The van der Waals surface area contributed by atoms with Gasteiger partial charge in [-0.25, -0.2) is 0 Å². The van der Waals surface area contributed by atoms with Gasteiger partial charge in [-0.1, -0.05) is 31.4 Å². The number of nitrogens with zero attached hydrogens (tertiary/aromatic N) is 3. The fourth-order valence-electron chi connectivity index (χ4n) is 5.04. The highest BCUT2D eigenvalue weighted by Gasteiger charge is 2.25. The van der Waals surface area contributed by atoms with E-state index in [2.05, 4.69) is 65.3 Å². The van der Waals surface area contributed by atoms with Crippen molar-refractivity contribution in [3.05, 3.63) is 53.5 Å². The van der Waals surface area contributed by atoms with Crippen molar-refractivity contribution in [3.8, 4) is 17.2 Å². The molecule has 0 bridgehead atoms. The van der Waals surface area contributed by atoms with Crippen LogP contribution in [0.2, 0.25) is 0 Å². The van der Waals surface area contributed by atoms with Crippen LogP contribution in [0.15, 0.2) is 36.8 Å². The van der Waals surface area contributed by atoms with Gasteiger partial charge in [0, 0.05) is 46.0 Å². The molecule has 0 amide bonds. The van der Waals surface area contributed by atoms with Gasteiger partial charge in [0.15, 0.2) is 0 Å². The zero-order valence-electron chi connectivity index (χ0n) is 18.0. The molecule has 5 rings (SSSR count). The third-order valence-corrected chi connectivity index (χ3v) is 6.67. The first-order valence-corrected chi connectivity index (χ1v) is 11.0. The first-order chi connectivity index (χ1) is 14.5. The average molecular weight is 397 g/mol. The zero-order valence-corrected chi connectivity index (χ0v) is 18.0. The molecule has 3 heterocycles. The lowest BCUT2D eigenvalue weighted by Crippen LogP contribution is -2.30. The van der Waals surface area contributed by atoms with Crippen molar-refractivity contribution in [3.63, 3.8) is 0 Å². The van der Waals surface area contributed by atoms with Crippen molar-refractivity contribution in [2.45, 2.75) is 64.5 Å². The van der Waals surface area contributed by atoms with E-state index in [9.17, 15) is 5.26 Å². The van der Waals surface area contributed by atoms with Crippen molar-refractivity contribution in [2.24, 2.45) is 0 Å². The molecule has 2 aromatic heterocycles. The molecule has 2 aliphatic rings. The molecular weight excluding hydrogens is 368 g/mol. The van der Waals surface area contributed by atoms with Crippen LogP contribution in [0.3, 0.4) is 0 Å². The number of aromatic nitrogens is 2.